The molecule has 4 nitrogen and oxygen atoms in total. The molecular formula is C8H17NO3S. The van der Waals surface area contributed by atoms with Crippen LogP contribution in [0.2, 0.25) is 0 Å². The van der Waals surface area contributed by atoms with Gasteiger partial charge in [0.1, 0.15) is 0 Å². The van der Waals surface area contributed by atoms with Gasteiger partial charge in [-0.2, -0.15) is 0 Å². The highest BCUT2D eigenvalue weighted by Gasteiger charge is 2.23. The number of unbranched alkanes of at least 4 members (excludes halogenated alkanes) is 2. The fourth-order valence-electron chi connectivity index (χ4n) is 1.10. The van der Waals surface area contributed by atoms with Crippen molar-refractivity contribution in [3.05, 3.63) is 0 Å². The molecular weight excluding hydrogens is 190 g/mol. The molecule has 0 amide bonds. The van der Waals surface area contributed by atoms with Gasteiger partial charge in [-0.05, 0) is 6.42 Å². The van der Waals surface area contributed by atoms with Crippen molar-refractivity contribution in [3.8, 4) is 0 Å². The van der Waals surface area contributed by atoms with Crippen LogP contribution >= 0.6 is 0 Å². The first-order chi connectivity index (χ1) is 5.89. The van der Waals surface area contributed by atoms with Gasteiger partial charge in [-0.3, -0.25) is 4.79 Å². The zero-order valence-electron chi connectivity index (χ0n) is 8.12. The predicted octanol–water partition coefficient (Wildman–Crippen LogP) is 1.02. The Morgan fingerprint density at radius 1 is 1.38 bits per heavy atom. The number of nitrogens with two attached hydrogens (primary N) is 1. The highest BCUT2D eigenvalue weighted by atomic mass is 32.2. The summed E-state index contributed by atoms with van der Waals surface area (Å²) in [5, 5.41) is 3.86. The molecule has 0 aromatic heterocycles. The van der Waals surface area contributed by atoms with Crippen molar-refractivity contribution in [3.63, 3.8) is 0 Å². The Bertz CT molecular complexity index is 259. The second-order valence-electron chi connectivity index (χ2n) is 3.26. The molecule has 0 heterocycles. The van der Waals surface area contributed by atoms with Gasteiger partial charge >= 0.3 is 0 Å². The summed E-state index contributed by atoms with van der Waals surface area (Å²) < 4.78 is 21.3. The summed E-state index contributed by atoms with van der Waals surface area (Å²) in [4.78, 5) is 11.0. The normalized spacial score (nSPS) is 14.1. The van der Waals surface area contributed by atoms with Crippen molar-refractivity contribution < 1.29 is 13.2 Å². The van der Waals surface area contributed by atoms with E-state index in [0.717, 1.165) is 19.3 Å². The monoisotopic (exact) mass is 207 g/mol. The van der Waals surface area contributed by atoms with E-state index in [4.69, 9.17) is 5.14 Å². The quantitative estimate of drug-likeness (QED) is 0.684. The van der Waals surface area contributed by atoms with Crippen LogP contribution in [0, 0.1) is 5.92 Å². The summed E-state index contributed by atoms with van der Waals surface area (Å²) in [5.41, 5.74) is 0. The third kappa shape index (κ3) is 5.00. The highest BCUT2D eigenvalue weighted by Crippen LogP contribution is 2.11. The smallest absolute Gasteiger partial charge is 0.272 e. The lowest BCUT2D eigenvalue weighted by Crippen LogP contribution is -2.28. The Morgan fingerprint density at radius 2 is 1.92 bits per heavy atom. The van der Waals surface area contributed by atoms with Crippen LogP contribution in [-0.4, -0.2) is 13.5 Å². The SMILES string of the molecule is CCCCCC(C)C(=O)S(N)(=O)=O. The van der Waals surface area contributed by atoms with E-state index in [1.807, 2.05) is 6.92 Å². The van der Waals surface area contributed by atoms with Crippen molar-refractivity contribution in [2.24, 2.45) is 11.1 Å². The molecule has 1 unspecified atom stereocenters. The molecule has 0 aliphatic rings. The van der Waals surface area contributed by atoms with E-state index in [9.17, 15) is 13.2 Å². The minimum atomic E-state index is -3.98. The number of sulfonamides is 1. The van der Waals surface area contributed by atoms with Gasteiger partial charge in [0.05, 0.1) is 0 Å². The maximum atomic E-state index is 11.0. The number of primary sulfonamides is 1. The minimum Gasteiger partial charge on any atom is -0.280 e. The third-order valence-corrected chi connectivity index (χ3v) is 2.89. The van der Waals surface area contributed by atoms with E-state index in [1.54, 1.807) is 6.92 Å². The molecule has 0 saturated carbocycles. The van der Waals surface area contributed by atoms with Gasteiger partial charge in [-0.1, -0.05) is 33.1 Å². The molecule has 1 atom stereocenters. The Kier molecular flexibility index (Phi) is 5.17. The van der Waals surface area contributed by atoms with E-state index in [1.165, 1.54) is 0 Å². The van der Waals surface area contributed by atoms with Gasteiger partial charge in [-0.25, -0.2) is 13.6 Å². The Balaban J connectivity index is 3.98. The molecule has 0 aliphatic carbocycles. The molecule has 78 valence electrons. The first-order valence-electron chi connectivity index (χ1n) is 4.46. The van der Waals surface area contributed by atoms with Gasteiger partial charge in [0.25, 0.3) is 15.1 Å². The van der Waals surface area contributed by atoms with E-state index in [2.05, 4.69) is 0 Å². The summed E-state index contributed by atoms with van der Waals surface area (Å²) in [6, 6.07) is 0. The summed E-state index contributed by atoms with van der Waals surface area (Å²) in [7, 11) is -3.98. The van der Waals surface area contributed by atoms with Crippen molar-refractivity contribution in [1.29, 1.82) is 0 Å². The van der Waals surface area contributed by atoms with Crippen molar-refractivity contribution in [2.75, 3.05) is 0 Å². The fraction of sp³-hybridized carbons (Fsp3) is 0.875. The van der Waals surface area contributed by atoms with Crippen LogP contribution in [-0.2, 0) is 14.8 Å². The number of carbonyl (C=O) groups excluding carboxylic acids is 1. The van der Waals surface area contributed by atoms with Crippen LogP contribution in [0.5, 0.6) is 0 Å². The summed E-state index contributed by atoms with van der Waals surface area (Å²) in [6.07, 6.45) is 3.54. The van der Waals surface area contributed by atoms with Crippen molar-refractivity contribution in [1.82, 2.24) is 0 Å². The largest absolute Gasteiger partial charge is 0.280 e. The summed E-state index contributed by atoms with van der Waals surface area (Å²) >= 11 is 0. The lowest BCUT2D eigenvalue weighted by Gasteiger charge is -2.07. The average Bonchev–Trinajstić information content (AvgIpc) is 2.01. The number of hydrogen-bond acceptors (Lipinski definition) is 3. The molecule has 0 rings (SSSR count). The second-order valence-corrected chi connectivity index (χ2v) is 4.75. The molecule has 0 radical (unpaired) electrons. The topological polar surface area (TPSA) is 77.2 Å². The van der Waals surface area contributed by atoms with Crippen molar-refractivity contribution >= 4 is 15.1 Å². The maximum absolute atomic E-state index is 11.0. The Labute approximate surface area is 79.6 Å². The molecule has 0 saturated heterocycles. The van der Waals surface area contributed by atoms with E-state index in [-0.39, 0.29) is 0 Å². The molecule has 0 spiro atoms. The van der Waals surface area contributed by atoms with Crippen LogP contribution in [0.25, 0.3) is 0 Å². The van der Waals surface area contributed by atoms with Crippen LogP contribution in [0.3, 0.4) is 0 Å². The molecule has 0 bridgehead atoms. The molecule has 5 heteroatoms. The van der Waals surface area contributed by atoms with Gasteiger partial charge in [0, 0.05) is 5.92 Å². The Hall–Kier alpha value is -0.420. The number of hydrogen-bond donors (Lipinski definition) is 1. The lowest BCUT2D eigenvalue weighted by molar-refractivity contribution is -0.114. The predicted molar refractivity (Wildman–Crippen MR) is 51.4 cm³/mol. The standard InChI is InChI=1S/C8H17NO3S/c1-3-4-5-6-7(2)8(10)13(9,11)12/h7H,3-6H2,1-2H3,(H2,9,11,12). The fourth-order valence-corrected chi connectivity index (χ4v) is 1.78. The first kappa shape index (κ1) is 12.6. The van der Waals surface area contributed by atoms with Crippen LogP contribution in [0.15, 0.2) is 0 Å². The molecule has 0 fully saturated rings. The first-order valence-corrected chi connectivity index (χ1v) is 6.00. The van der Waals surface area contributed by atoms with Crippen LogP contribution in [0.4, 0.5) is 0 Å². The maximum Gasteiger partial charge on any atom is 0.272 e. The number of carbonyl (C=O) groups is 1. The van der Waals surface area contributed by atoms with E-state index < -0.39 is 21.1 Å². The third-order valence-electron chi connectivity index (χ3n) is 1.92. The molecule has 0 aromatic carbocycles. The van der Waals surface area contributed by atoms with Crippen molar-refractivity contribution in [2.45, 2.75) is 39.5 Å². The van der Waals surface area contributed by atoms with Crippen LogP contribution in [0.1, 0.15) is 39.5 Å². The van der Waals surface area contributed by atoms with Gasteiger partial charge in [-0.15, -0.1) is 0 Å². The Morgan fingerprint density at radius 3 is 2.31 bits per heavy atom. The van der Waals surface area contributed by atoms with Crippen LogP contribution < -0.4 is 5.14 Å². The van der Waals surface area contributed by atoms with Gasteiger partial charge in [0.15, 0.2) is 0 Å². The minimum absolute atomic E-state index is 0.471. The van der Waals surface area contributed by atoms with Gasteiger partial charge in [0.2, 0.25) is 0 Å². The zero-order valence-corrected chi connectivity index (χ0v) is 8.93. The molecule has 0 aliphatic heterocycles. The van der Waals surface area contributed by atoms with Gasteiger partial charge < -0.3 is 0 Å². The summed E-state index contributed by atoms with van der Waals surface area (Å²) in [6.45, 7) is 3.65. The molecule has 2 N–H and O–H groups in total. The average molecular weight is 207 g/mol. The van der Waals surface area contributed by atoms with E-state index >= 15 is 0 Å². The molecule has 0 aromatic rings. The number of rotatable bonds is 5. The van der Waals surface area contributed by atoms with E-state index in [0.29, 0.717) is 6.42 Å². The lowest BCUT2D eigenvalue weighted by atomic mass is 10.1. The molecule has 13 heavy (non-hydrogen) atoms. The highest BCUT2D eigenvalue weighted by molar-refractivity contribution is 8.04. The zero-order chi connectivity index (χ0) is 10.5. The second kappa shape index (κ2) is 5.34. The summed E-state index contributed by atoms with van der Waals surface area (Å²) in [5.74, 6) is -0.471.